The molecule has 15 heavy (non-hydrogen) atoms. The lowest BCUT2D eigenvalue weighted by molar-refractivity contribution is 0.179. The first-order chi connectivity index (χ1) is 7.13. The number of nitrogens with zero attached hydrogens (tertiary/aromatic N) is 1. The minimum atomic E-state index is -0.550. The minimum absolute atomic E-state index is 0.110. The predicted molar refractivity (Wildman–Crippen MR) is 59.8 cm³/mol. The molecule has 0 fully saturated rings. The molecule has 1 rings (SSSR count). The van der Waals surface area contributed by atoms with Gasteiger partial charge in [0.2, 0.25) is 0 Å². The lowest BCUT2D eigenvalue weighted by Gasteiger charge is -2.12. The largest absolute Gasteiger partial charge is 0.489 e. The Balaban J connectivity index is 2.77. The number of ether oxygens (including phenoxy) is 1. The third kappa shape index (κ3) is 3.72. The van der Waals surface area contributed by atoms with Gasteiger partial charge < -0.3 is 9.84 Å². The molecule has 1 aromatic heterocycles. The van der Waals surface area contributed by atoms with Crippen molar-refractivity contribution >= 4 is 0 Å². The maximum absolute atomic E-state index is 9.71. The maximum Gasteiger partial charge on any atom is 0.138 e. The fourth-order valence-corrected chi connectivity index (χ4v) is 1.25. The molecule has 1 heterocycles. The first kappa shape index (κ1) is 11.7. The number of aliphatic hydroxyl groups is 1. The van der Waals surface area contributed by atoms with Crippen molar-refractivity contribution in [3.8, 4) is 5.75 Å². The second-order valence-electron chi connectivity index (χ2n) is 3.66. The summed E-state index contributed by atoms with van der Waals surface area (Å²) in [6, 6.07) is 1.81. The third-order valence-electron chi connectivity index (χ3n) is 1.88. The summed E-state index contributed by atoms with van der Waals surface area (Å²) in [6.45, 7) is 7.49. The van der Waals surface area contributed by atoms with Crippen LogP contribution in [-0.2, 0) is 0 Å². The van der Waals surface area contributed by atoms with E-state index in [9.17, 15) is 5.11 Å². The van der Waals surface area contributed by atoms with Crippen LogP contribution in [0.15, 0.2) is 31.1 Å². The molecule has 82 valence electrons. The Morgan fingerprint density at radius 1 is 1.53 bits per heavy atom. The van der Waals surface area contributed by atoms with Gasteiger partial charge in [0.25, 0.3) is 0 Å². The van der Waals surface area contributed by atoms with Gasteiger partial charge in [0.15, 0.2) is 0 Å². The average molecular weight is 207 g/mol. The summed E-state index contributed by atoms with van der Waals surface area (Å²) >= 11 is 0. The van der Waals surface area contributed by atoms with Gasteiger partial charge in [-0.15, -0.1) is 6.58 Å². The zero-order valence-corrected chi connectivity index (χ0v) is 9.18. The normalized spacial score (nSPS) is 12.5. The highest BCUT2D eigenvalue weighted by atomic mass is 16.5. The fraction of sp³-hybridized carbons (Fsp3) is 0.417. The van der Waals surface area contributed by atoms with Gasteiger partial charge in [-0.3, -0.25) is 4.98 Å². The van der Waals surface area contributed by atoms with Gasteiger partial charge in [0.05, 0.1) is 18.4 Å². The molecule has 1 unspecified atom stereocenters. The topological polar surface area (TPSA) is 42.4 Å². The van der Waals surface area contributed by atoms with Crippen LogP contribution in [0.1, 0.15) is 31.9 Å². The number of pyridine rings is 1. The van der Waals surface area contributed by atoms with Crippen molar-refractivity contribution in [2.75, 3.05) is 0 Å². The first-order valence-electron chi connectivity index (χ1n) is 5.04. The van der Waals surface area contributed by atoms with Crippen LogP contribution >= 0.6 is 0 Å². The van der Waals surface area contributed by atoms with Crippen molar-refractivity contribution in [2.24, 2.45) is 0 Å². The summed E-state index contributed by atoms with van der Waals surface area (Å²) in [5.41, 5.74) is 0.757. The molecular formula is C12H17NO2. The van der Waals surface area contributed by atoms with E-state index >= 15 is 0 Å². The Morgan fingerprint density at radius 2 is 2.27 bits per heavy atom. The number of hydrogen-bond acceptors (Lipinski definition) is 3. The second kappa shape index (κ2) is 5.51. The molecule has 1 N–H and O–H groups in total. The molecule has 0 amide bonds. The van der Waals surface area contributed by atoms with Crippen molar-refractivity contribution in [2.45, 2.75) is 32.5 Å². The van der Waals surface area contributed by atoms with E-state index in [1.165, 1.54) is 0 Å². The number of aliphatic hydroxyl groups excluding tert-OH is 1. The lowest BCUT2D eigenvalue weighted by atomic mass is 10.1. The molecule has 0 aromatic carbocycles. The molecule has 0 saturated carbocycles. The summed E-state index contributed by atoms with van der Waals surface area (Å²) in [6.07, 6.45) is 5.04. The Bertz CT molecular complexity index is 323. The van der Waals surface area contributed by atoms with Crippen LogP contribution < -0.4 is 4.74 Å². The Labute approximate surface area is 90.4 Å². The van der Waals surface area contributed by atoms with Gasteiger partial charge in [-0.05, 0) is 26.3 Å². The fourth-order valence-electron chi connectivity index (χ4n) is 1.25. The van der Waals surface area contributed by atoms with E-state index < -0.39 is 6.10 Å². The van der Waals surface area contributed by atoms with Crippen LogP contribution in [0.5, 0.6) is 5.75 Å². The molecule has 0 aliphatic heterocycles. The Morgan fingerprint density at radius 3 is 2.87 bits per heavy atom. The molecule has 0 aliphatic carbocycles. The van der Waals surface area contributed by atoms with E-state index in [4.69, 9.17) is 4.74 Å². The monoisotopic (exact) mass is 207 g/mol. The minimum Gasteiger partial charge on any atom is -0.489 e. The molecule has 3 heteroatoms. The highest BCUT2D eigenvalue weighted by Crippen LogP contribution is 2.20. The maximum atomic E-state index is 9.71. The van der Waals surface area contributed by atoms with Crippen LogP contribution in [0.3, 0.4) is 0 Å². The number of rotatable bonds is 5. The van der Waals surface area contributed by atoms with Gasteiger partial charge >= 0.3 is 0 Å². The SMILES string of the molecule is C=CCC(O)c1cncc(OC(C)C)c1. The van der Waals surface area contributed by atoms with Crippen LogP contribution in [0, 0.1) is 0 Å². The lowest BCUT2D eigenvalue weighted by Crippen LogP contribution is -2.06. The van der Waals surface area contributed by atoms with E-state index in [1.54, 1.807) is 24.5 Å². The smallest absolute Gasteiger partial charge is 0.138 e. The summed E-state index contributed by atoms with van der Waals surface area (Å²) < 4.78 is 5.48. The molecule has 1 atom stereocenters. The second-order valence-corrected chi connectivity index (χ2v) is 3.66. The van der Waals surface area contributed by atoms with Gasteiger partial charge in [-0.2, -0.15) is 0 Å². The van der Waals surface area contributed by atoms with Crippen LogP contribution in [0.2, 0.25) is 0 Å². The van der Waals surface area contributed by atoms with Crippen molar-refractivity contribution in [3.63, 3.8) is 0 Å². The van der Waals surface area contributed by atoms with Crippen molar-refractivity contribution < 1.29 is 9.84 Å². The van der Waals surface area contributed by atoms with Crippen molar-refractivity contribution in [1.29, 1.82) is 0 Å². The van der Waals surface area contributed by atoms with Gasteiger partial charge in [0, 0.05) is 11.8 Å². The summed E-state index contributed by atoms with van der Waals surface area (Å²) in [5, 5.41) is 9.71. The third-order valence-corrected chi connectivity index (χ3v) is 1.88. The Kier molecular flexibility index (Phi) is 4.31. The summed E-state index contributed by atoms with van der Waals surface area (Å²) in [5.74, 6) is 0.686. The predicted octanol–water partition coefficient (Wildman–Crippen LogP) is 2.48. The molecule has 0 saturated heterocycles. The molecule has 0 bridgehead atoms. The van der Waals surface area contributed by atoms with E-state index in [0.717, 1.165) is 5.56 Å². The van der Waals surface area contributed by atoms with Crippen LogP contribution in [0.25, 0.3) is 0 Å². The molecular weight excluding hydrogens is 190 g/mol. The van der Waals surface area contributed by atoms with E-state index in [-0.39, 0.29) is 6.10 Å². The Hall–Kier alpha value is -1.35. The molecule has 3 nitrogen and oxygen atoms in total. The van der Waals surface area contributed by atoms with Gasteiger partial charge in [-0.25, -0.2) is 0 Å². The van der Waals surface area contributed by atoms with E-state index in [2.05, 4.69) is 11.6 Å². The summed E-state index contributed by atoms with van der Waals surface area (Å²) in [4.78, 5) is 4.02. The van der Waals surface area contributed by atoms with Crippen LogP contribution in [-0.4, -0.2) is 16.2 Å². The zero-order valence-electron chi connectivity index (χ0n) is 9.18. The van der Waals surface area contributed by atoms with E-state index in [1.807, 2.05) is 13.8 Å². The van der Waals surface area contributed by atoms with E-state index in [0.29, 0.717) is 12.2 Å². The molecule has 0 aliphatic rings. The van der Waals surface area contributed by atoms with Crippen molar-refractivity contribution in [3.05, 3.63) is 36.7 Å². The summed E-state index contributed by atoms with van der Waals surface area (Å²) in [7, 11) is 0. The number of aromatic nitrogens is 1. The standard InChI is InChI=1S/C12H17NO2/c1-4-5-12(14)10-6-11(8-13-7-10)15-9(2)3/h4,6-9,12,14H,1,5H2,2-3H3. The highest BCUT2D eigenvalue weighted by Gasteiger charge is 2.07. The number of hydrogen-bond donors (Lipinski definition) is 1. The van der Waals surface area contributed by atoms with Gasteiger partial charge in [0.1, 0.15) is 5.75 Å². The van der Waals surface area contributed by atoms with Crippen LogP contribution in [0.4, 0.5) is 0 Å². The molecule has 1 aromatic rings. The van der Waals surface area contributed by atoms with Crippen molar-refractivity contribution in [1.82, 2.24) is 4.98 Å². The quantitative estimate of drug-likeness (QED) is 0.754. The molecule has 0 radical (unpaired) electrons. The first-order valence-corrected chi connectivity index (χ1v) is 5.04. The zero-order chi connectivity index (χ0) is 11.3. The average Bonchev–Trinajstić information content (AvgIpc) is 2.17. The van der Waals surface area contributed by atoms with Gasteiger partial charge in [-0.1, -0.05) is 6.08 Å². The molecule has 0 spiro atoms. The highest BCUT2D eigenvalue weighted by molar-refractivity contribution is 5.25.